The zero-order valence-electron chi connectivity index (χ0n) is 43.1. The minimum atomic E-state index is -1.02. The molecule has 0 saturated heterocycles. The van der Waals surface area contributed by atoms with E-state index in [1.807, 2.05) is 20.8 Å². The molecule has 0 aromatic rings. The molecule has 20 heteroatoms. The zero-order chi connectivity index (χ0) is 52.1. The average molecular weight is 985 g/mol. The normalized spacial score (nSPS) is 24.2. The molecule has 396 valence electrons. The first-order valence-corrected chi connectivity index (χ1v) is 24.0. The number of aliphatic hydroxyl groups is 1. The van der Waals surface area contributed by atoms with Crippen molar-refractivity contribution in [2.45, 2.75) is 163 Å². The van der Waals surface area contributed by atoms with Crippen LogP contribution in [0.4, 0.5) is 19.2 Å². The Morgan fingerprint density at radius 3 is 1.46 bits per heavy atom. The molecule has 69 heavy (non-hydrogen) atoms. The van der Waals surface area contributed by atoms with Gasteiger partial charge in [-0.1, -0.05) is 61.6 Å². The molecule has 0 radical (unpaired) electrons. The quantitative estimate of drug-likeness (QED) is 0.0251. The topological polar surface area (TPSA) is 254 Å². The number of carbonyl (C=O) groups is 6. The van der Waals surface area contributed by atoms with Crippen LogP contribution >= 0.6 is 0 Å². The third-order valence-electron chi connectivity index (χ3n) is 12.2. The van der Waals surface area contributed by atoms with E-state index in [-0.39, 0.29) is 93.1 Å². The highest BCUT2D eigenvalue weighted by molar-refractivity contribution is 5.81. The molecule has 2 saturated carbocycles. The Labute approximate surface area is 409 Å². The van der Waals surface area contributed by atoms with Gasteiger partial charge in [0.1, 0.15) is 44.2 Å². The van der Waals surface area contributed by atoms with E-state index in [0.717, 1.165) is 25.0 Å². The molecular formula is C49H84N4O16. The first-order valence-electron chi connectivity index (χ1n) is 24.0. The summed E-state index contributed by atoms with van der Waals surface area (Å²) >= 11 is 0. The molecule has 2 rings (SSSR count). The van der Waals surface area contributed by atoms with Crippen molar-refractivity contribution in [1.82, 2.24) is 21.3 Å². The molecule has 9 atom stereocenters. The predicted molar refractivity (Wildman–Crippen MR) is 255 cm³/mol. The number of alkyl carbamates (subject to hydrolysis) is 4. The summed E-state index contributed by atoms with van der Waals surface area (Å²) in [6, 6.07) is -0.439. The second-order valence-electron chi connectivity index (χ2n) is 21.1. The van der Waals surface area contributed by atoms with Crippen molar-refractivity contribution in [3.8, 4) is 0 Å². The first-order chi connectivity index (χ1) is 32.1. The first kappa shape index (κ1) is 60.5. The van der Waals surface area contributed by atoms with E-state index in [1.165, 1.54) is 0 Å². The Morgan fingerprint density at radius 1 is 0.638 bits per heavy atom. The van der Waals surface area contributed by atoms with Crippen molar-refractivity contribution in [1.29, 1.82) is 0 Å². The molecule has 4 amide bonds. The van der Waals surface area contributed by atoms with Crippen LogP contribution in [0.3, 0.4) is 0 Å². The molecule has 0 bridgehead atoms. The van der Waals surface area contributed by atoms with E-state index < -0.39 is 66.3 Å². The fourth-order valence-corrected chi connectivity index (χ4v) is 9.48. The van der Waals surface area contributed by atoms with Gasteiger partial charge >= 0.3 is 36.3 Å². The van der Waals surface area contributed by atoms with Gasteiger partial charge in [0.2, 0.25) is 0 Å². The maximum Gasteiger partial charge on any atom is 0.407 e. The lowest BCUT2D eigenvalue weighted by Gasteiger charge is -2.46. The maximum absolute atomic E-state index is 13.1. The van der Waals surface area contributed by atoms with Crippen LogP contribution in [0.1, 0.15) is 121 Å². The third-order valence-corrected chi connectivity index (χ3v) is 12.2. The van der Waals surface area contributed by atoms with E-state index in [1.54, 1.807) is 27.7 Å². The summed E-state index contributed by atoms with van der Waals surface area (Å²) in [6.45, 7) is 28.2. The Balaban J connectivity index is 1.91. The van der Waals surface area contributed by atoms with Crippen LogP contribution in [0, 0.1) is 21.7 Å². The molecule has 2 aliphatic carbocycles. The minimum absolute atomic E-state index is 0.00292. The Hall–Kier alpha value is -4.66. The van der Waals surface area contributed by atoms with Crippen molar-refractivity contribution in [3.63, 3.8) is 0 Å². The largest absolute Gasteiger partial charge is 0.459 e. The Bertz CT molecular complexity index is 1690. The van der Waals surface area contributed by atoms with Crippen LogP contribution < -0.4 is 21.3 Å². The number of carbonyl (C=O) groups excluding carboxylic acids is 6. The van der Waals surface area contributed by atoms with Gasteiger partial charge in [-0.3, -0.25) is 0 Å². The summed E-state index contributed by atoms with van der Waals surface area (Å²) in [5, 5.41) is 21.7. The fraction of sp³-hybridized carbons (Fsp3) is 0.796. The van der Waals surface area contributed by atoms with Crippen LogP contribution in [0.15, 0.2) is 25.3 Å². The molecule has 2 fully saturated rings. The standard InChI is InChI=1S/C49H84N4O16/c1-14-39(55)62-17-19-64-43(59)52-37-21-45(8,9)27-47(12,23-37)29-50-41(57)68-33(4)25-61-31-49(16-3,32-66-36(7)35(6)54)67-26-34(5)69-42(58)51-30-48(13)24-38(22-46(10,11)28-48)53-44(60)65-20-18-63-40(56)15-2/h14-15,33-38,54H,1-2,16-32H2,3-13H3,(H,50,57)(H,51,58)(H,52,59)(H,53,60). The van der Waals surface area contributed by atoms with Crippen molar-refractivity contribution in [2.24, 2.45) is 21.7 Å². The van der Waals surface area contributed by atoms with Crippen molar-refractivity contribution < 1.29 is 76.5 Å². The summed E-state index contributed by atoms with van der Waals surface area (Å²) < 4.78 is 49.9. The molecule has 20 nitrogen and oxygen atoms in total. The highest BCUT2D eigenvalue weighted by Crippen LogP contribution is 2.47. The summed E-state index contributed by atoms with van der Waals surface area (Å²) in [4.78, 5) is 73.6. The Kier molecular flexibility index (Phi) is 24.8. The molecule has 0 aromatic carbocycles. The number of rotatable bonds is 28. The zero-order valence-corrected chi connectivity index (χ0v) is 43.1. The lowest BCUT2D eigenvalue weighted by molar-refractivity contribution is -0.170. The maximum atomic E-state index is 13.1. The minimum Gasteiger partial charge on any atom is -0.459 e. The van der Waals surface area contributed by atoms with E-state index in [0.29, 0.717) is 38.6 Å². The van der Waals surface area contributed by atoms with Gasteiger partial charge in [-0.25, -0.2) is 28.8 Å². The van der Waals surface area contributed by atoms with E-state index in [2.05, 4.69) is 62.1 Å². The highest BCUT2D eigenvalue weighted by atomic mass is 16.6. The van der Waals surface area contributed by atoms with Crippen molar-refractivity contribution in [2.75, 3.05) is 65.9 Å². The molecule has 0 aromatic heterocycles. The fourth-order valence-electron chi connectivity index (χ4n) is 9.48. The number of ether oxygens (including phenoxy) is 9. The number of hydrogen-bond acceptors (Lipinski definition) is 16. The van der Waals surface area contributed by atoms with Gasteiger partial charge in [0, 0.05) is 37.3 Å². The highest BCUT2D eigenvalue weighted by Gasteiger charge is 2.44. The molecule has 0 spiro atoms. The van der Waals surface area contributed by atoms with Gasteiger partial charge in [0.25, 0.3) is 0 Å². The van der Waals surface area contributed by atoms with E-state index in [9.17, 15) is 33.9 Å². The Morgan fingerprint density at radius 2 is 1.06 bits per heavy atom. The number of nitrogens with one attached hydrogen (secondary N) is 4. The number of aliphatic hydroxyl groups excluding tert-OH is 1. The SMILES string of the molecule is C=CC(=O)OCCOC(=O)NC1CC(C)(C)CC(C)(CNC(=O)OC(C)COCC(CC)(COC(C)C(C)O)OCC(C)OC(=O)NCC2(C)CC(NC(=O)OCCOC(=O)C=C)CC(C)(C)C2)C1. The summed E-state index contributed by atoms with van der Waals surface area (Å²) in [5.41, 5.74) is -2.08. The predicted octanol–water partition coefficient (Wildman–Crippen LogP) is 6.26. The van der Waals surface area contributed by atoms with Crippen molar-refractivity contribution in [3.05, 3.63) is 25.3 Å². The molecular weight excluding hydrogens is 901 g/mol. The van der Waals surface area contributed by atoms with Crippen LogP contribution in [0.5, 0.6) is 0 Å². The molecule has 9 unspecified atom stereocenters. The van der Waals surface area contributed by atoms with Crippen LogP contribution in [-0.2, 0) is 52.2 Å². The smallest absolute Gasteiger partial charge is 0.407 e. The van der Waals surface area contributed by atoms with E-state index >= 15 is 0 Å². The van der Waals surface area contributed by atoms with Gasteiger partial charge in [0.05, 0.1) is 38.6 Å². The second kappa shape index (κ2) is 28.3. The van der Waals surface area contributed by atoms with Gasteiger partial charge in [-0.15, -0.1) is 0 Å². The summed E-state index contributed by atoms with van der Waals surface area (Å²) in [5.74, 6) is -1.21. The number of hydrogen-bond donors (Lipinski definition) is 5. The van der Waals surface area contributed by atoms with Gasteiger partial charge in [-0.05, 0) is 94.3 Å². The summed E-state index contributed by atoms with van der Waals surface area (Å²) in [7, 11) is 0. The van der Waals surface area contributed by atoms with Crippen LogP contribution in [0.2, 0.25) is 0 Å². The lowest BCUT2D eigenvalue weighted by atomic mass is 9.62. The monoisotopic (exact) mass is 985 g/mol. The van der Waals surface area contributed by atoms with Crippen LogP contribution in [0.25, 0.3) is 0 Å². The second-order valence-corrected chi connectivity index (χ2v) is 21.1. The van der Waals surface area contributed by atoms with Gasteiger partial charge in [0.15, 0.2) is 0 Å². The van der Waals surface area contributed by atoms with E-state index in [4.69, 9.17) is 42.6 Å². The lowest BCUT2D eigenvalue weighted by Crippen LogP contribution is -2.51. The number of esters is 2. The summed E-state index contributed by atoms with van der Waals surface area (Å²) in [6.07, 6.45) is 1.54. The molecule has 5 N–H and O–H groups in total. The molecule has 0 heterocycles. The number of amides is 4. The van der Waals surface area contributed by atoms with Gasteiger partial charge < -0.3 is 69.0 Å². The van der Waals surface area contributed by atoms with Gasteiger partial charge in [-0.2, -0.15) is 0 Å². The van der Waals surface area contributed by atoms with Crippen molar-refractivity contribution >= 4 is 36.3 Å². The third kappa shape index (κ3) is 24.2. The molecule has 2 aliphatic rings. The van der Waals surface area contributed by atoms with Crippen LogP contribution in [-0.4, -0.2) is 149 Å². The average Bonchev–Trinajstić information content (AvgIpc) is 3.24. The molecule has 0 aliphatic heterocycles.